The molecule has 0 bridgehead atoms. The van der Waals surface area contributed by atoms with Crippen LogP contribution in [0.1, 0.15) is 47.1 Å². The first-order valence-electron chi connectivity index (χ1n) is 7.33. The van der Waals surface area contributed by atoms with Gasteiger partial charge < -0.3 is 10.1 Å². The molecule has 0 spiro atoms. The Labute approximate surface area is 124 Å². The molecule has 112 valence electrons. The lowest BCUT2D eigenvalue weighted by atomic mass is 9.93. The number of para-hydroxylation sites is 1. The normalized spacial score (nSPS) is 12.9. The second-order valence-electron chi connectivity index (χ2n) is 7.09. The molecule has 0 unspecified atom stereocenters. The first kappa shape index (κ1) is 16.8. The van der Waals surface area contributed by atoms with Gasteiger partial charge in [-0.2, -0.15) is 0 Å². The molecule has 0 saturated carbocycles. The van der Waals surface area contributed by atoms with Crippen LogP contribution < -0.4 is 10.1 Å². The Kier molecular flexibility index (Phi) is 5.82. The van der Waals surface area contributed by atoms with E-state index >= 15 is 0 Å². The fourth-order valence-electron chi connectivity index (χ4n) is 1.76. The summed E-state index contributed by atoms with van der Waals surface area (Å²) < 4.78 is 6.03. The SMILES string of the molecule is CC=Cc1ccccc1OCC(C)(C)CNC(C)(C)C. The third-order valence-electron chi connectivity index (χ3n) is 2.98. The first-order chi connectivity index (χ1) is 9.23. The van der Waals surface area contributed by atoms with Crippen molar-refractivity contribution in [1.82, 2.24) is 5.32 Å². The van der Waals surface area contributed by atoms with Gasteiger partial charge in [0.05, 0.1) is 6.61 Å². The molecule has 0 radical (unpaired) electrons. The van der Waals surface area contributed by atoms with E-state index in [0.29, 0.717) is 6.61 Å². The highest BCUT2D eigenvalue weighted by Crippen LogP contribution is 2.23. The molecule has 1 N–H and O–H groups in total. The predicted molar refractivity (Wildman–Crippen MR) is 88.2 cm³/mol. The molecular weight excluding hydrogens is 246 g/mol. The van der Waals surface area contributed by atoms with Crippen LogP contribution in [-0.4, -0.2) is 18.7 Å². The summed E-state index contributed by atoms with van der Waals surface area (Å²) in [5.74, 6) is 0.953. The second kappa shape index (κ2) is 6.94. The number of benzene rings is 1. The molecule has 2 nitrogen and oxygen atoms in total. The molecule has 0 amide bonds. The van der Waals surface area contributed by atoms with Crippen LogP contribution in [0.3, 0.4) is 0 Å². The minimum absolute atomic E-state index is 0.0936. The zero-order chi connectivity index (χ0) is 15.2. The third kappa shape index (κ3) is 6.25. The van der Waals surface area contributed by atoms with E-state index in [9.17, 15) is 0 Å². The standard InChI is InChI=1S/C18H29NO/c1-7-10-15-11-8-9-12-16(15)20-14-18(5,6)13-19-17(2,3)4/h7-12,19H,13-14H2,1-6H3. The van der Waals surface area contributed by atoms with E-state index in [1.54, 1.807) is 0 Å². The number of hydrogen-bond acceptors (Lipinski definition) is 2. The Morgan fingerprint density at radius 2 is 1.75 bits per heavy atom. The molecular formula is C18H29NO. The highest BCUT2D eigenvalue weighted by atomic mass is 16.5. The third-order valence-corrected chi connectivity index (χ3v) is 2.98. The van der Waals surface area contributed by atoms with Crippen molar-refractivity contribution in [2.24, 2.45) is 5.41 Å². The number of nitrogens with one attached hydrogen (secondary N) is 1. The van der Waals surface area contributed by atoms with Gasteiger partial charge in [0.2, 0.25) is 0 Å². The van der Waals surface area contributed by atoms with Gasteiger partial charge in [-0.25, -0.2) is 0 Å². The molecule has 1 aromatic carbocycles. The summed E-state index contributed by atoms with van der Waals surface area (Å²) in [4.78, 5) is 0. The average molecular weight is 275 g/mol. The lowest BCUT2D eigenvalue weighted by molar-refractivity contribution is 0.165. The van der Waals surface area contributed by atoms with Crippen molar-refractivity contribution in [2.75, 3.05) is 13.2 Å². The summed E-state index contributed by atoms with van der Waals surface area (Å²) in [6.07, 6.45) is 4.12. The molecule has 0 aromatic heterocycles. The van der Waals surface area contributed by atoms with E-state index < -0.39 is 0 Å². The van der Waals surface area contributed by atoms with Gasteiger partial charge in [0.1, 0.15) is 5.75 Å². The quantitative estimate of drug-likeness (QED) is 0.824. The number of hydrogen-bond donors (Lipinski definition) is 1. The van der Waals surface area contributed by atoms with Crippen LogP contribution in [-0.2, 0) is 0 Å². The first-order valence-corrected chi connectivity index (χ1v) is 7.33. The van der Waals surface area contributed by atoms with Gasteiger partial charge in [-0.1, -0.05) is 44.2 Å². The van der Waals surface area contributed by atoms with Crippen molar-refractivity contribution in [3.8, 4) is 5.75 Å². The van der Waals surface area contributed by atoms with Crippen LogP contribution in [0, 0.1) is 5.41 Å². The molecule has 2 heteroatoms. The van der Waals surface area contributed by atoms with Gasteiger partial charge >= 0.3 is 0 Å². The molecule has 1 rings (SSSR count). The van der Waals surface area contributed by atoms with E-state index in [-0.39, 0.29) is 11.0 Å². The van der Waals surface area contributed by atoms with E-state index in [1.807, 2.05) is 31.2 Å². The maximum Gasteiger partial charge on any atom is 0.126 e. The molecule has 20 heavy (non-hydrogen) atoms. The maximum absolute atomic E-state index is 6.03. The Morgan fingerprint density at radius 3 is 2.35 bits per heavy atom. The van der Waals surface area contributed by atoms with Crippen molar-refractivity contribution in [2.45, 2.75) is 47.1 Å². The summed E-state index contributed by atoms with van der Waals surface area (Å²) in [5, 5.41) is 3.54. The lowest BCUT2D eigenvalue weighted by Crippen LogP contribution is -2.43. The molecule has 0 atom stereocenters. The van der Waals surface area contributed by atoms with E-state index in [0.717, 1.165) is 17.9 Å². The van der Waals surface area contributed by atoms with Crippen molar-refractivity contribution in [1.29, 1.82) is 0 Å². The largest absolute Gasteiger partial charge is 0.492 e. The average Bonchev–Trinajstić information content (AvgIpc) is 2.35. The van der Waals surface area contributed by atoms with Crippen molar-refractivity contribution < 1.29 is 4.74 Å². The molecule has 0 aliphatic rings. The van der Waals surface area contributed by atoms with Crippen molar-refractivity contribution in [3.05, 3.63) is 35.9 Å². The number of allylic oxidation sites excluding steroid dienone is 1. The second-order valence-corrected chi connectivity index (χ2v) is 7.09. The van der Waals surface area contributed by atoms with E-state index in [4.69, 9.17) is 4.74 Å². The number of rotatable bonds is 6. The van der Waals surface area contributed by atoms with Gasteiger partial charge in [0.25, 0.3) is 0 Å². The van der Waals surface area contributed by atoms with Crippen LogP contribution in [0.4, 0.5) is 0 Å². The fourth-order valence-corrected chi connectivity index (χ4v) is 1.76. The Balaban J connectivity index is 2.62. The molecule has 1 aromatic rings. The molecule has 0 aliphatic carbocycles. The van der Waals surface area contributed by atoms with Crippen LogP contribution in [0.15, 0.2) is 30.3 Å². The molecule has 0 fully saturated rings. The predicted octanol–water partition coefficient (Wildman–Crippen LogP) is 4.51. The zero-order valence-electron chi connectivity index (χ0n) is 13.8. The maximum atomic E-state index is 6.03. The Hall–Kier alpha value is -1.28. The van der Waals surface area contributed by atoms with Gasteiger partial charge in [-0.05, 0) is 33.8 Å². The molecule has 0 aliphatic heterocycles. The van der Waals surface area contributed by atoms with Crippen LogP contribution >= 0.6 is 0 Å². The fraction of sp³-hybridized carbons (Fsp3) is 0.556. The lowest BCUT2D eigenvalue weighted by Gasteiger charge is -2.30. The van der Waals surface area contributed by atoms with Crippen LogP contribution in [0.25, 0.3) is 6.08 Å². The van der Waals surface area contributed by atoms with Gasteiger partial charge in [0.15, 0.2) is 0 Å². The summed E-state index contributed by atoms with van der Waals surface area (Å²) in [5.41, 5.74) is 1.37. The minimum Gasteiger partial charge on any atom is -0.492 e. The van der Waals surface area contributed by atoms with Crippen LogP contribution in [0.2, 0.25) is 0 Å². The number of ether oxygens (including phenoxy) is 1. The summed E-state index contributed by atoms with van der Waals surface area (Å²) >= 11 is 0. The highest BCUT2D eigenvalue weighted by molar-refractivity contribution is 5.56. The summed E-state index contributed by atoms with van der Waals surface area (Å²) in [6.45, 7) is 14.7. The Morgan fingerprint density at radius 1 is 1.10 bits per heavy atom. The van der Waals surface area contributed by atoms with Gasteiger partial charge in [-0.3, -0.25) is 0 Å². The van der Waals surface area contributed by atoms with Crippen molar-refractivity contribution >= 4 is 6.08 Å². The highest BCUT2D eigenvalue weighted by Gasteiger charge is 2.22. The smallest absolute Gasteiger partial charge is 0.126 e. The monoisotopic (exact) mass is 275 g/mol. The summed E-state index contributed by atoms with van der Waals surface area (Å²) in [7, 11) is 0. The van der Waals surface area contributed by atoms with Gasteiger partial charge in [0, 0.05) is 23.1 Å². The minimum atomic E-state index is 0.0936. The zero-order valence-corrected chi connectivity index (χ0v) is 13.8. The van der Waals surface area contributed by atoms with Crippen LogP contribution in [0.5, 0.6) is 5.75 Å². The van der Waals surface area contributed by atoms with E-state index in [2.05, 4.69) is 52.1 Å². The Bertz CT molecular complexity index is 441. The summed E-state index contributed by atoms with van der Waals surface area (Å²) in [6, 6.07) is 8.16. The molecule has 0 saturated heterocycles. The van der Waals surface area contributed by atoms with Gasteiger partial charge in [-0.15, -0.1) is 0 Å². The topological polar surface area (TPSA) is 21.3 Å². The molecule has 0 heterocycles. The van der Waals surface area contributed by atoms with E-state index in [1.165, 1.54) is 0 Å². The van der Waals surface area contributed by atoms with Crippen molar-refractivity contribution in [3.63, 3.8) is 0 Å².